The second-order valence-corrected chi connectivity index (χ2v) is 10.1. The van der Waals surface area contributed by atoms with Gasteiger partial charge in [0.15, 0.2) is 17.5 Å². The van der Waals surface area contributed by atoms with Crippen molar-refractivity contribution in [3.05, 3.63) is 115 Å². The minimum atomic E-state index is -0.504. The summed E-state index contributed by atoms with van der Waals surface area (Å²) in [7, 11) is 0. The van der Waals surface area contributed by atoms with Crippen LogP contribution in [0.1, 0.15) is 6.85 Å². The van der Waals surface area contributed by atoms with E-state index >= 15 is 0 Å². The number of thiophene rings is 1. The van der Waals surface area contributed by atoms with Gasteiger partial charge < -0.3 is 4.42 Å². The number of furan rings is 1. The summed E-state index contributed by atoms with van der Waals surface area (Å²) in [4.78, 5) is 14.0. The number of hydrogen-bond donors (Lipinski definition) is 0. The average Bonchev–Trinajstić information content (AvgIpc) is 3.61. The van der Waals surface area contributed by atoms with Gasteiger partial charge in [-0.25, -0.2) is 19.3 Å². The molecule has 0 fully saturated rings. The molecular formula is C33H18FN3OS. The number of para-hydroxylation sites is 1. The predicted octanol–water partition coefficient (Wildman–Crippen LogP) is 9.28. The third kappa shape index (κ3) is 3.60. The van der Waals surface area contributed by atoms with E-state index < -0.39 is 30.2 Å². The number of halogens is 1. The topological polar surface area (TPSA) is 51.8 Å². The number of benzene rings is 5. The maximum absolute atomic E-state index is 14.6. The van der Waals surface area contributed by atoms with Gasteiger partial charge in [0.25, 0.3) is 0 Å². The molecule has 8 rings (SSSR count). The molecule has 0 unspecified atom stereocenters. The largest absolute Gasteiger partial charge is 0.456 e. The lowest BCUT2D eigenvalue weighted by Gasteiger charge is -2.08. The summed E-state index contributed by atoms with van der Waals surface area (Å²) in [6, 6.07) is 21.6. The summed E-state index contributed by atoms with van der Waals surface area (Å²) >= 11 is 1.32. The molecule has 3 aromatic heterocycles. The molecule has 39 heavy (non-hydrogen) atoms. The van der Waals surface area contributed by atoms with E-state index in [0.717, 1.165) is 31.8 Å². The van der Waals surface area contributed by atoms with Crippen molar-refractivity contribution in [1.29, 1.82) is 0 Å². The van der Waals surface area contributed by atoms with Crippen molar-refractivity contribution >= 4 is 53.4 Å². The maximum Gasteiger partial charge on any atom is 0.164 e. The number of aromatic nitrogens is 3. The highest BCUT2D eigenvalue weighted by atomic mass is 32.1. The van der Waals surface area contributed by atoms with E-state index in [2.05, 4.69) is 9.97 Å². The first-order chi connectivity index (χ1) is 21.3. The first-order valence-electron chi connectivity index (χ1n) is 14.6. The molecule has 5 aromatic carbocycles. The zero-order valence-corrected chi connectivity index (χ0v) is 20.9. The predicted molar refractivity (Wildman–Crippen MR) is 156 cm³/mol. The molecule has 4 nitrogen and oxygen atoms in total. The van der Waals surface area contributed by atoms with Crippen LogP contribution in [0.5, 0.6) is 0 Å². The SMILES string of the molecule is [2H]c1c([2H])c([2H])c(-c2nc(-c3ccc4c(c3)oc3ccccc34)nc(-c3ccc4c(c3)sc3c(F)cccc34)n2)c([2H])c1[2H]. The second kappa shape index (κ2) is 8.55. The molecule has 184 valence electrons. The lowest BCUT2D eigenvalue weighted by Crippen LogP contribution is -2.00. The van der Waals surface area contributed by atoms with Crippen LogP contribution in [0.3, 0.4) is 0 Å². The Hall–Kier alpha value is -4.94. The lowest BCUT2D eigenvalue weighted by atomic mass is 10.1. The van der Waals surface area contributed by atoms with Gasteiger partial charge >= 0.3 is 0 Å². The Morgan fingerprint density at radius 2 is 1.28 bits per heavy atom. The van der Waals surface area contributed by atoms with Crippen LogP contribution in [0.25, 0.3) is 76.3 Å². The molecule has 0 radical (unpaired) electrons. The standard InChI is InChI=1S/C33H18FN3OS/c34-26-11-6-10-25-24-16-14-21(18-29(24)39-30(25)26)33-36-31(19-7-2-1-3-8-19)35-32(37-33)20-13-15-23-22-9-4-5-12-27(22)38-28(23)17-20/h1-18H/i1D,2D,3D,7D,8D. The van der Waals surface area contributed by atoms with Crippen LogP contribution < -0.4 is 0 Å². The summed E-state index contributed by atoms with van der Waals surface area (Å²) in [5, 5.41) is 3.60. The number of nitrogens with zero attached hydrogens (tertiary/aromatic N) is 3. The summed E-state index contributed by atoms with van der Waals surface area (Å²) in [5.74, 6) is 0.120. The summed E-state index contributed by atoms with van der Waals surface area (Å²) in [6.45, 7) is 0. The lowest BCUT2D eigenvalue weighted by molar-refractivity contribution is 0.642. The fourth-order valence-electron chi connectivity index (χ4n) is 4.88. The average molecular weight is 529 g/mol. The highest BCUT2D eigenvalue weighted by Gasteiger charge is 2.16. The second-order valence-electron chi connectivity index (χ2n) is 9.04. The van der Waals surface area contributed by atoms with E-state index in [-0.39, 0.29) is 28.9 Å². The fraction of sp³-hybridized carbons (Fsp3) is 0. The number of rotatable bonds is 3. The summed E-state index contributed by atoms with van der Waals surface area (Å²) in [5.41, 5.74) is 2.44. The van der Waals surface area contributed by atoms with Crippen molar-refractivity contribution in [2.75, 3.05) is 0 Å². The molecule has 0 aliphatic carbocycles. The Morgan fingerprint density at radius 3 is 2.10 bits per heavy atom. The third-order valence-corrected chi connectivity index (χ3v) is 7.88. The molecule has 0 saturated heterocycles. The van der Waals surface area contributed by atoms with Crippen LogP contribution in [0, 0.1) is 5.82 Å². The Labute approximate surface area is 233 Å². The van der Waals surface area contributed by atoms with Gasteiger partial charge in [0, 0.05) is 42.9 Å². The Balaban J connectivity index is 1.38. The van der Waals surface area contributed by atoms with Crippen LogP contribution >= 0.6 is 11.3 Å². The van der Waals surface area contributed by atoms with E-state index in [9.17, 15) is 4.39 Å². The summed E-state index contributed by atoms with van der Waals surface area (Å²) in [6.07, 6.45) is 0. The van der Waals surface area contributed by atoms with E-state index in [1.54, 1.807) is 6.07 Å². The number of fused-ring (bicyclic) bond motifs is 6. The monoisotopic (exact) mass is 528 g/mol. The van der Waals surface area contributed by atoms with Crippen molar-refractivity contribution in [2.45, 2.75) is 0 Å². The fourth-order valence-corrected chi connectivity index (χ4v) is 6.02. The van der Waals surface area contributed by atoms with Crippen molar-refractivity contribution in [3.8, 4) is 34.2 Å². The quantitative estimate of drug-likeness (QED) is 0.229. The van der Waals surface area contributed by atoms with Crippen LogP contribution in [-0.4, -0.2) is 15.0 Å². The van der Waals surface area contributed by atoms with Gasteiger partial charge in [-0.1, -0.05) is 78.7 Å². The first-order valence-corrected chi connectivity index (χ1v) is 13.0. The maximum atomic E-state index is 14.6. The molecule has 0 atom stereocenters. The van der Waals surface area contributed by atoms with Gasteiger partial charge in [-0.2, -0.15) is 0 Å². The number of hydrogen-bond acceptors (Lipinski definition) is 5. The molecule has 6 heteroatoms. The minimum absolute atomic E-state index is 0.0609. The van der Waals surface area contributed by atoms with Gasteiger partial charge in [0.1, 0.15) is 17.0 Å². The van der Waals surface area contributed by atoms with Gasteiger partial charge in [0.05, 0.1) is 11.6 Å². The highest BCUT2D eigenvalue weighted by Crippen LogP contribution is 2.38. The minimum Gasteiger partial charge on any atom is -0.456 e. The van der Waals surface area contributed by atoms with Crippen molar-refractivity contribution < 1.29 is 15.7 Å². The first kappa shape index (κ1) is 17.5. The van der Waals surface area contributed by atoms with E-state index in [0.29, 0.717) is 21.4 Å². The van der Waals surface area contributed by atoms with Gasteiger partial charge in [0.2, 0.25) is 0 Å². The molecule has 0 spiro atoms. The third-order valence-electron chi connectivity index (χ3n) is 6.70. The van der Waals surface area contributed by atoms with E-state index in [1.165, 1.54) is 17.4 Å². The Morgan fingerprint density at radius 1 is 0.615 bits per heavy atom. The Bertz CT molecular complexity index is 2460. The van der Waals surface area contributed by atoms with Crippen molar-refractivity contribution in [1.82, 2.24) is 15.0 Å². The van der Waals surface area contributed by atoms with E-state index in [1.807, 2.05) is 66.7 Å². The molecule has 0 saturated carbocycles. The van der Waals surface area contributed by atoms with E-state index in [4.69, 9.17) is 16.3 Å². The van der Waals surface area contributed by atoms with Gasteiger partial charge in [-0.05, 0) is 30.3 Å². The molecule has 3 heterocycles. The molecule has 8 aromatic rings. The molecular weight excluding hydrogens is 505 g/mol. The van der Waals surface area contributed by atoms with Crippen LogP contribution in [0.2, 0.25) is 0 Å². The zero-order valence-electron chi connectivity index (χ0n) is 25.0. The molecule has 0 aliphatic heterocycles. The van der Waals surface area contributed by atoms with Crippen molar-refractivity contribution in [2.24, 2.45) is 0 Å². The zero-order chi connectivity index (χ0) is 30.3. The van der Waals surface area contributed by atoms with Crippen LogP contribution in [-0.2, 0) is 0 Å². The molecule has 0 amide bonds. The highest BCUT2D eigenvalue weighted by molar-refractivity contribution is 7.25. The Kier molecular flexibility index (Phi) is 3.84. The van der Waals surface area contributed by atoms with Crippen LogP contribution in [0.4, 0.5) is 4.39 Å². The smallest absolute Gasteiger partial charge is 0.164 e. The van der Waals surface area contributed by atoms with Crippen LogP contribution in [0.15, 0.2) is 113 Å². The normalized spacial score (nSPS) is 13.5. The van der Waals surface area contributed by atoms with Crippen molar-refractivity contribution in [3.63, 3.8) is 0 Å². The van der Waals surface area contributed by atoms with Gasteiger partial charge in [-0.15, -0.1) is 11.3 Å². The molecule has 0 N–H and O–H groups in total. The molecule has 0 aliphatic rings. The molecule has 0 bridgehead atoms. The summed E-state index contributed by atoms with van der Waals surface area (Å²) < 4.78 is 63.6. The van der Waals surface area contributed by atoms with Gasteiger partial charge in [-0.3, -0.25) is 0 Å².